The number of methoxy groups -OCH3 is 1. The fourth-order valence-corrected chi connectivity index (χ4v) is 4.46. The summed E-state index contributed by atoms with van der Waals surface area (Å²) in [5, 5.41) is 13.5. The van der Waals surface area contributed by atoms with E-state index in [9.17, 15) is 18.4 Å². The van der Waals surface area contributed by atoms with Gasteiger partial charge < -0.3 is 14.6 Å². The Hall–Kier alpha value is -3.63. The molecule has 0 atom stereocenters. The van der Waals surface area contributed by atoms with Gasteiger partial charge in [0, 0.05) is 39.8 Å². The molecule has 0 fully saturated rings. The number of nitrogens with zero attached hydrogens (tertiary/aromatic N) is 1. The molecule has 0 aliphatic heterocycles. The number of ether oxygens (including phenoxy) is 2. The minimum Gasteiger partial charge on any atom is -0.496 e. The monoisotopic (exact) mass is 544 g/mol. The molecule has 0 bridgehead atoms. The van der Waals surface area contributed by atoms with E-state index in [1.165, 1.54) is 6.92 Å². The van der Waals surface area contributed by atoms with E-state index in [1.54, 1.807) is 12.5 Å². The van der Waals surface area contributed by atoms with Gasteiger partial charge in [0.25, 0.3) is 5.91 Å². The maximum absolute atomic E-state index is 14.5. The first-order valence-electron chi connectivity index (χ1n) is 12.1. The van der Waals surface area contributed by atoms with Crippen LogP contribution in [0.2, 0.25) is 0 Å². The topological polar surface area (TPSA) is 97.8 Å². The van der Waals surface area contributed by atoms with Crippen LogP contribution in [0.1, 0.15) is 55.1 Å². The van der Waals surface area contributed by atoms with E-state index in [4.69, 9.17) is 14.6 Å². The van der Waals surface area contributed by atoms with Crippen molar-refractivity contribution in [2.75, 3.05) is 19.0 Å². The van der Waals surface area contributed by atoms with E-state index >= 15 is 0 Å². The molecule has 10 heteroatoms. The number of nitrogens with one attached hydrogen (secondary N) is 1. The number of aliphatic carboxylic acids is 1. The molecule has 0 unspecified atom stereocenters. The van der Waals surface area contributed by atoms with Gasteiger partial charge in [0.1, 0.15) is 17.4 Å². The van der Waals surface area contributed by atoms with Gasteiger partial charge in [0.15, 0.2) is 5.13 Å². The van der Waals surface area contributed by atoms with Crippen molar-refractivity contribution in [2.24, 2.45) is 5.92 Å². The first-order valence-corrected chi connectivity index (χ1v) is 13.0. The number of carboxylic acids is 1. The van der Waals surface area contributed by atoms with E-state index in [2.05, 4.69) is 24.1 Å². The summed E-state index contributed by atoms with van der Waals surface area (Å²) < 4.78 is 40.5. The number of carbonyl (C=O) groups is 2. The maximum Gasteiger partial charge on any atom is 0.331 e. The molecule has 0 aliphatic rings. The van der Waals surface area contributed by atoms with Crippen LogP contribution in [-0.2, 0) is 16.1 Å². The highest BCUT2D eigenvalue weighted by molar-refractivity contribution is 7.14. The Kier molecular flexibility index (Phi) is 10.1. The Labute approximate surface area is 224 Å². The summed E-state index contributed by atoms with van der Waals surface area (Å²) in [7, 11) is 1.57. The molecule has 38 heavy (non-hydrogen) atoms. The number of carbonyl (C=O) groups excluding carboxylic acids is 1. The Balaban J connectivity index is 1.77. The van der Waals surface area contributed by atoms with E-state index in [0.29, 0.717) is 30.6 Å². The minimum absolute atomic E-state index is 0.231. The Bertz CT molecular complexity index is 1310. The molecule has 1 aromatic heterocycles. The van der Waals surface area contributed by atoms with Gasteiger partial charge >= 0.3 is 5.97 Å². The second kappa shape index (κ2) is 13.3. The van der Waals surface area contributed by atoms with Crippen molar-refractivity contribution in [1.29, 1.82) is 0 Å². The molecule has 2 N–H and O–H groups in total. The highest BCUT2D eigenvalue weighted by Gasteiger charge is 2.18. The molecular weight excluding hydrogens is 514 g/mol. The van der Waals surface area contributed by atoms with Gasteiger partial charge in [0.05, 0.1) is 19.4 Å². The number of hydrogen-bond donors (Lipinski definition) is 2. The lowest BCUT2D eigenvalue weighted by atomic mass is 10.1. The number of rotatable bonds is 12. The third-order valence-corrected chi connectivity index (χ3v) is 6.86. The van der Waals surface area contributed by atoms with Gasteiger partial charge in [0.2, 0.25) is 0 Å². The van der Waals surface area contributed by atoms with Crippen LogP contribution in [0.15, 0.2) is 41.3 Å². The second-order valence-corrected chi connectivity index (χ2v) is 9.53. The van der Waals surface area contributed by atoms with Gasteiger partial charge in [-0.15, -0.1) is 11.3 Å². The van der Waals surface area contributed by atoms with Crippen molar-refractivity contribution in [3.8, 4) is 17.0 Å². The van der Waals surface area contributed by atoms with Gasteiger partial charge in [-0.05, 0) is 37.1 Å². The van der Waals surface area contributed by atoms with Crippen LogP contribution in [0.3, 0.4) is 0 Å². The number of hydrogen-bond acceptors (Lipinski definition) is 6. The predicted molar refractivity (Wildman–Crippen MR) is 143 cm³/mol. The van der Waals surface area contributed by atoms with Crippen molar-refractivity contribution in [3.05, 3.63) is 69.6 Å². The molecule has 0 aliphatic carbocycles. The molecule has 202 valence electrons. The molecule has 7 nitrogen and oxygen atoms in total. The normalized spacial score (nSPS) is 11.6. The molecule has 3 rings (SSSR count). The highest BCUT2D eigenvalue weighted by Crippen LogP contribution is 2.35. The number of benzene rings is 2. The molecular formula is C28H30F2N2O5S. The standard InChI is InChI=1S/C28H30F2N2O5S/c1-5-17(6-2)13-37-14-18-8-7-9-20(25(18)36-4)24-15-38-28(31-24)32-26(33)19-11-22(29)21(23(30)12-19)10-16(3)27(34)35/h7-12,15,17H,5-6,13-14H2,1-4H3,(H,34,35)(H,31,32,33)/b16-10+. The lowest BCUT2D eigenvalue weighted by molar-refractivity contribution is -0.132. The smallest absolute Gasteiger partial charge is 0.331 e. The summed E-state index contributed by atoms with van der Waals surface area (Å²) >= 11 is 1.15. The average Bonchev–Trinajstić information content (AvgIpc) is 3.36. The SMILES string of the molecule is CCC(CC)COCc1cccc(-c2csc(NC(=O)c3cc(F)c(/C=C(\C)C(=O)O)c(F)c3)n2)c1OC. The number of carboxylic acid groups (broad SMARTS) is 1. The van der Waals surface area contributed by atoms with Crippen LogP contribution in [0, 0.1) is 17.6 Å². The van der Waals surface area contributed by atoms with Crippen molar-refractivity contribution in [1.82, 2.24) is 4.98 Å². The van der Waals surface area contributed by atoms with Crippen molar-refractivity contribution < 1.29 is 33.0 Å². The zero-order valence-corrected chi connectivity index (χ0v) is 22.5. The summed E-state index contributed by atoms with van der Waals surface area (Å²) in [5.41, 5.74) is 1.10. The molecule has 1 amide bonds. The third kappa shape index (κ3) is 7.02. The molecule has 0 saturated carbocycles. The maximum atomic E-state index is 14.5. The summed E-state index contributed by atoms with van der Waals surface area (Å²) in [4.78, 5) is 28.1. The predicted octanol–water partition coefficient (Wildman–Crippen LogP) is 6.79. The molecule has 0 radical (unpaired) electrons. The quantitative estimate of drug-likeness (QED) is 0.244. The third-order valence-electron chi connectivity index (χ3n) is 6.11. The molecule has 1 heterocycles. The summed E-state index contributed by atoms with van der Waals surface area (Å²) in [5.74, 6) is -3.06. The summed E-state index contributed by atoms with van der Waals surface area (Å²) in [6.45, 7) is 6.54. The Morgan fingerprint density at radius 2 is 1.87 bits per heavy atom. The lowest BCUT2D eigenvalue weighted by Gasteiger charge is -2.15. The van der Waals surface area contributed by atoms with Gasteiger partial charge in [-0.2, -0.15) is 0 Å². The Morgan fingerprint density at radius 3 is 2.47 bits per heavy atom. The summed E-state index contributed by atoms with van der Waals surface area (Å²) in [6, 6.07) is 7.34. The zero-order chi connectivity index (χ0) is 27.8. The molecule has 2 aromatic carbocycles. The minimum atomic E-state index is -1.30. The average molecular weight is 545 g/mol. The first-order chi connectivity index (χ1) is 18.2. The van der Waals surface area contributed by atoms with Crippen molar-refractivity contribution >= 4 is 34.4 Å². The van der Waals surface area contributed by atoms with E-state index in [-0.39, 0.29) is 16.3 Å². The second-order valence-electron chi connectivity index (χ2n) is 8.67. The number of thiazole rings is 1. The zero-order valence-electron chi connectivity index (χ0n) is 21.6. The van der Waals surface area contributed by atoms with Crippen LogP contribution in [0.25, 0.3) is 17.3 Å². The first kappa shape index (κ1) is 28.9. The number of halogens is 2. The van der Waals surface area contributed by atoms with Gasteiger partial charge in [-0.1, -0.05) is 38.8 Å². The van der Waals surface area contributed by atoms with Gasteiger partial charge in [-0.3, -0.25) is 10.1 Å². The molecule has 0 spiro atoms. The van der Waals surface area contributed by atoms with Crippen LogP contribution in [0.4, 0.5) is 13.9 Å². The van der Waals surface area contributed by atoms with Crippen LogP contribution < -0.4 is 10.1 Å². The van der Waals surface area contributed by atoms with Crippen LogP contribution in [0.5, 0.6) is 5.75 Å². The fourth-order valence-electron chi connectivity index (χ4n) is 3.76. The highest BCUT2D eigenvalue weighted by atomic mass is 32.1. The molecule has 0 saturated heterocycles. The number of aromatic nitrogens is 1. The number of anilines is 1. The molecule has 3 aromatic rings. The largest absolute Gasteiger partial charge is 0.496 e. The van der Waals surface area contributed by atoms with Crippen LogP contribution in [-0.4, -0.2) is 35.7 Å². The van der Waals surface area contributed by atoms with E-state index in [1.807, 2.05) is 18.2 Å². The van der Waals surface area contributed by atoms with Crippen molar-refractivity contribution in [3.63, 3.8) is 0 Å². The van der Waals surface area contributed by atoms with Crippen LogP contribution >= 0.6 is 11.3 Å². The number of amides is 1. The summed E-state index contributed by atoms with van der Waals surface area (Å²) in [6.07, 6.45) is 2.97. The van der Waals surface area contributed by atoms with Crippen molar-refractivity contribution in [2.45, 2.75) is 40.2 Å². The van der Waals surface area contributed by atoms with Gasteiger partial charge in [-0.25, -0.2) is 18.6 Å². The van der Waals surface area contributed by atoms with E-state index < -0.39 is 29.1 Å². The van der Waals surface area contributed by atoms with E-state index in [0.717, 1.165) is 53.5 Å². The fraction of sp³-hybridized carbons (Fsp3) is 0.321. The Morgan fingerprint density at radius 1 is 1.18 bits per heavy atom. The lowest BCUT2D eigenvalue weighted by Crippen LogP contribution is -2.13. The number of para-hydroxylation sites is 1.